The topological polar surface area (TPSA) is 6.48 Å². The van der Waals surface area contributed by atoms with Crippen LogP contribution >= 0.6 is 23.5 Å². The van der Waals surface area contributed by atoms with Crippen LogP contribution in [0.3, 0.4) is 0 Å². The van der Waals surface area contributed by atoms with Gasteiger partial charge in [0.05, 0.1) is 0 Å². The van der Waals surface area contributed by atoms with Crippen LogP contribution < -0.4 is 12.4 Å². The molecule has 0 saturated carbocycles. The van der Waals surface area contributed by atoms with Gasteiger partial charge in [-0.25, -0.2) is 0 Å². The van der Waals surface area contributed by atoms with Gasteiger partial charge in [-0.05, 0) is 80.7 Å². The van der Waals surface area contributed by atoms with Crippen molar-refractivity contribution in [1.82, 2.24) is 9.80 Å². The van der Waals surface area contributed by atoms with Crippen LogP contribution in [0, 0.1) is 6.07 Å². The van der Waals surface area contributed by atoms with Crippen LogP contribution in [0.25, 0.3) is 0 Å². The van der Waals surface area contributed by atoms with E-state index in [-0.39, 0.29) is 32.8 Å². The number of thioether (sulfide) groups is 2. The second-order valence-corrected chi connectivity index (χ2v) is 10.2. The van der Waals surface area contributed by atoms with E-state index in [0.29, 0.717) is 0 Å². The zero-order chi connectivity index (χ0) is 26.4. The monoisotopic (exact) mass is 664 g/mol. The predicted octanol–water partition coefficient (Wildman–Crippen LogP) is 5.77. The minimum atomic E-state index is 0. The first-order valence-electron chi connectivity index (χ1n) is 13.4. The maximum atomic E-state index is 3.54. The summed E-state index contributed by atoms with van der Waals surface area (Å²) < 4.78 is 0. The molecule has 0 aromatic heterocycles. The molecular formula is C32H47ClN2PdS2-. The van der Waals surface area contributed by atoms with E-state index in [9.17, 15) is 0 Å². The van der Waals surface area contributed by atoms with Gasteiger partial charge in [0.25, 0.3) is 0 Å². The molecule has 38 heavy (non-hydrogen) atoms. The van der Waals surface area contributed by atoms with E-state index in [1.54, 1.807) is 0 Å². The van der Waals surface area contributed by atoms with E-state index in [2.05, 4.69) is 136 Å². The van der Waals surface area contributed by atoms with Gasteiger partial charge in [0.2, 0.25) is 0 Å². The molecule has 0 aliphatic rings. The number of halogens is 1. The zero-order valence-corrected chi connectivity index (χ0v) is 28.0. The summed E-state index contributed by atoms with van der Waals surface area (Å²) in [5.74, 6) is 1.93. The van der Waals surface area contributed by atoms with Crippen molar-refractivity contribution in [3.63, 3.8) is 0 Å². The van der Waals surface area contributed by atoms with Gasteiger partial charge in [-0.2, -0.15) is 0 Å². The molecule has 0 bridgehead atoms. The van der Waals surface area contributed by atoms with Gasteiger partial charge < -0.3 is 22.2 Å². The van der Waals surface area contributed by atoms with Crippen molar-refractivity contribution in [2.75, 3.05) is 39.3 Å². The summed E-state index contributed by atoms with van der Waals surface area (Å²) in [6, 6.07) is 31.0. The molecule has 0 saturated heterocycles. The fourth-order valence-corrected chi connectivity index (χ4v) is 5.12. The standard InChI is InChI=1S/C20H17S2.2C6H15N.ClH.Pd/c1-3-10-19(11-4-1)21-15-17-8-7-9-18(14-17)16-22-20-12-5-2-6-13-20;2*1-4-7(5-2)6-3;;/h1-13H,15-16H2;2*4-6H2,1-3H3;1H;/p-1. The second kappa shape index (κ2) is 26.5. The van der Waals surface area contributed by atoms with Crippen LogP contribution in [0.2, 0.25) is 0 Å². The van der Waals surface area contributed by atoms with E-state index in [0.717, 1.165) is 11.5 Å². The van der Waals surface area contributed by atoms with Crippen molar-refractivity contribution < 1.29 is 32.8 Å². The average Bonchev–Trinajstić information content (AvgIpc) is 2.95. The van der Waals surface area contributed by atoms with E-state index < -0.39 is 0 Å². The maximum Gasteiger partial charge on any atom is 0.0238 e. The summed E-state index contributed by atoms with van der Waals surface area (Å²) in [6.07, 6.45) is 0. The van der Waals surface area contributed by atoms with Crippen LogP contribution in [0.15, 0.2) is 88.7 Å². The maximum absolute atomic E-state index is 3.54. The van der Waals surface area contributed by atoms with Crippen molar-refractivity contribution in [3.05, 3.63) is 96.1 Å². The van der Waals surface area contributed by atoms with Gasteiger partial charge >= 0.3 is 0 Å². The number of hydrogen-bond acceptors (Lipinski definition) is 4. The zero-order valence-electron chi connectivity index (χ0n) is 24.1. The Labute approximate surface area is 262 Å². The Balaban J connectivity index is 0. The van der Waals surface area contributed by atoms with Crippen LogP contribution in [0.5, 0.6) is 0 Å². The summed E-state index contributed by atoms with van der Waals surface area (Å²) in [5, 5.41) is 0. The second-order valence-electron chi connectivity index (χ2n) is 8.14. The molecule has 0 aliphatic carbocycles. The Hall–Kier alpha value is -0.768. The smallest absolute Gasteiger partial charge is 0.0238 e. The number of hydrogen-bond donors (Lipinski definition) is 0. The molecule has 0 unspecified atom stereocenters. The third-order valence-corrected chi connectivity index (χ3v) is 8.00. The molecule has 3 rings (SSSR count). The molecule has 3 aromatic carbocycles. The first-order chi connectivity index (χ1) is 17.6. The fourth-order valence-electron chi connectivity index (χ4n) is 3.44. The Morgan fingerprint density at radius 3 is 1.08 bits per heavy atom. The summed E-state index contributed by atoms with van der Waals surface area (Å²) in [6.45, 7) is 20.2. The van der Waals surface area contributed by atoms with Crippen molar-refractivity contribution in [3.8, 4) is 0 Å². The van der Waals surface area contributed by atoms with E-state index in [4.69, 9.17) is 0 Å². The van der Waals surface area contributed by atoms with Crippen molar-refractivity contribution in [2.45, 2.75) is 62.8 Å². The summed E-state index contributed by atoms with van der Waals surface area (Å²) in [5.41, 5.74) is 2.53. The minimum absolute atomic E-state index is 0. The van der Waals surface area contributed by atoms with E-state index in [1.807, 2.05) is 23.5 Å². The SMILES string of the molecule is CCN(CC)CC.CCN(CC)CC.[Cl-].[Pd].[c]1c(CSc2ccccc2)cccc1CSc1ccccc1. The predicted molar refractivity (Wildman–Crippen MR) is 164 cm³/mol. The minimum Gasteiger partial charge on any atom is -1.00 e. The van der Waals surface area contributed by atoms with Gasteiger partial charge in [0, 0.05) is 41.7 Å². The number of nitrogens with zero attached hydrogens (tertiary/aromatic N) is 2. The fraction of sp³-hybridized carbons (Fsp3) is 0.438. The van der Waals surface area contributed by atoms with Crippen LogP contribution in [0.1, 0.15) is 52.7 Å². The molecule has 1 radical (unpaired) electrons. The van der Waals surface area contributed by atoms with Crippen LogP contribution in [0.4, 0.5) is 0 Å². The van der Waals surface area contributed by atoms with Gasteiger partial charge in [0.1, 0.15) is 0 Å². The van der Waals surface area contributed by atoms with Gasteiger partial charge in [0.15, 0.2) is 0 Å². The molecule has 0 heterocycles. The largest absolute Gasteiger partial charge is 1.00 e. The summed E-state index contributed by atoms with van der Waals surface area (Å²) in [4.78, 5) is 7.36. The Bertz CT molecular complexity index is 810. The van der Waals surface area contributed by atoms with Crippen molar-refractivity contribution >= 4 is 23.5 Å². The third kappa shape index (κ3) is 18.5. The Morgan fingerprint density at radius 1 is 0.500 bits per heavy atom. The number of rotatable bonds is 12. The Kier molecular flexibility index (Phi) is 27.4. The quantitative estimate of drug-likeness (QED) is 0.179. The molecule has 215 valence electrons. The van der Waals surface area contributed by atoms with Crippen molar-refractivity contribution in [2.24, 2.45) is 0 Å². The van der Waals surface area contributed by atoms with E-state index >= 15 is 0 Å². The summed E-state index contributed by atoms with van der Waals surface area (Å²) >= 11 is 3.72. The third-order valence-electron chi connectivity index (χ3n) is 5.87. The normalized spacial score (nSPS) is 9.89. The molecule has 2 nitrogen and oxygen atoms in total. The molecule has 0 fully saturated rings. The molecule has 0 aliphatic heterocycles. The van der Waals surface area contributed by atoms with Crippen LogP contribution in [-0.2, 0) is 31.9 Å². The van der Waals surface area contributed by atoms with Gasteiger partial charge in [-0.1, -0.05) is 96.1 Å². The molecule has 0 atom stereocenters. The van der Waals surface area contributed by atoms with Gasteiger partial charge in [-0.15, -0.1) is 23.5 Å². The first-order valence-corrected chi connectivity index (χ1v) is 15.4. The van der Waals surface area contributed by atoms with Crippen LogP contribution in [-0.4, -0.2) is 49.1 Å². The first kappa shape index (κ1) is 39.4. The Morgan fingerprint density at radius 2 is 0.816 bits per heavy atom. The molecular weight excluding hydrogens is 618 g/mol. The number of benzene rings is 3. The molecule has 0 spiro atoms. The molecule has 3 aromatic rings. The summed E-state index contributed by atoms with van der Waals surface area (Å²) in [7, 11) is 0. The molecule has 0 amide bonds. The van der Waals surface area contributed by atoms with Crippen molar-refractivity contribution in [1.29, 1.82) is 0 Å². The molecule has 0 N–H and O–H groups in total. The van der Waals surface area contributed by atoms with E-state index in [1.165, 1.54) is 60.2 Å². The van der Waals surface area contributed by atoms with Gasteiger partial charge in [-0.3, -0.25) is 0 Å². The molecule has 6 heteroatoms. The average molecular weight is 666 g/mol.